The minimum atomic E-state index is -4.67. The number of anilines is 1. The van der Waals surface area contributed by atoms with Gasteiger partial charge in [0.1, 0.15) is 0 Å². The molecule has 10 heteroatoms. The van der Waals surface area contributed by atoms with Gasteiger partial charge in [-0.15, -0.1) is 11.3 Å². The summed E-state index contributed by atoms with van der Waals surface area (Å²) >= 11 is 1.41. The van der Waals surface area contributed by atoms with Crippen molar-refractivity contribution in [3.63, 3.8) is 0 Å². The molecule has 1 rings (SSSR count). The number of hydrogen-bond acceptors (Lipinski definition) is 5. The molecule has 0 spiro atoms. The molecule has 1 heterocycles. The summed E-state index contributed by atoms with van der Waals surface area (Å²) in [6.07, 6.45) is 1.65. The Balaban J connectivity index is 0.000000292. The fourth-order valence-electron chi connectivity index (χ4n) is 0.400. The molecule has 6 N–H and O–H groups in total. The van der Waals surface area contributed by atoms with E-state index in [0.717, 1.165) is 0 Å². The van der Waals surface area contributed by atoms with Crippen LogP contribution in [-0.2, 0) is 10.4 Å². The SMILES string of the molecule is N=C(N)Nc1nccs1.O=S(=O)(O)O. The number of thiazole rings is 1. The Kier molecular flexibility index (Phi) is 5.01. The lowest BCUT2D eigenvalue weighted by molar-refractivity contribution is 0.381. The van der Waals surface area contributed by atoms with Crippen LogP contribution in [0.4, 0.5) is 5.13 Å². The van der Waals surface area contributed by atoms with Crippen LogP contribution in [-0.4, -0.2) is 28.5 Å². The first-order valence-corrected chi connectivity index (χ1v) is 5.27. The van der Waals surface area contributed by atoms with Gasteiger partial charge in [0.05, 0.1) is 0 Å². The maximum absolute atomic E-state index is 8.74. The second-order valence-electron chi connectivity index (χ2n) is 1.82. The zero-order valence-corrected chi connectivity index (χ0v) is 8.34. The highest BCUT2D eigenvalue weighted by Gasteiger charge is 1.91. The molecule has 0 aromatic carbocycles. The molecule has 14 heavy (non-hydrogen) atoms. The van der Waals surface area contributed by atoms with E-state index in [-0.39, 0.29) is 5.96 Å². The van der Waals surface area contributed by atoms with Gasteiger partial charge in [0, 0.05) is 11.6 Å². The van der Waals surface area contributed by atoms with E-state index in [1.165, 1.54) is 11.3 Å². The first-order valence-electron chi connectivity index (χ1n) is 2.99. The lowest BCUT2D eigenvalue weighted by Crippen LogP contribution is -2.20. The zero-order chi connectivity index (χ0) is 11.2. The number of rotatable bonds is 1. The average molecular weight is 240 g/mol. The van der Waals surface area contributed by atoms with Crippen LogP contribution in [0.3, 0.4) is 0 Å². The van der Waals surface area contributed by atoms with Gasteiger partial charge in [0.2, 0.25) is 0 Å². The molecule has 0 aliphatic carbocycles. The van der Waals surface area contributed by atoms with Gasteiger partial charge in [-0.25, -0.2) is 4.98 Å². The Morgan fingerprint density at radius 3 is 2.43 bits per heavy atom. The molecule has 8 nitrogen and oxygen atoms in total. The van der Waals surface area contributed by atoms with Crippen molar-refractivity contribution >= 4 is 32.8 Å². The van der Waals surface area contributed by atoms with Crippen LogP contribution < -0.4 is 11.1 Å². The molecule has 0 saturated carbocycles. The van der Waals surface area contributed by atoms with Gasteiger partial charge in [-0.05, 0) is 0 Å². The number of nitrogens with zero attached hydrogens (tertiary/aromatic N) is 1. The number of nitrogens with two attached hydrogens (primary N) is 1. The van der Waals surface area contributed by atoms with Crippen molar-refractivity contribution in [3.05, 3.63) is 11.6 Å². The van der Waals surface area contributed by atoms with Gasteiger partial charge < -0.3 is 11.1 Å². The van der Waals surface area contributed by atoms with Crippen molar-refractivity contribution < 1.29 is 17.5 Å². The number of hydrogen-bond donors (Lipinski definition) is 5. The maximum Gasteiger partial charge on any atom is 0.394 e. The zero-order valence-electron chi connectivity index (χ0n) is 6.71. The van der Waals surface area contributed by atoms with Gasteiger partial charge in [-0.1, -0.05) is 0 Å². The average Bonchev–Trinajstić information content (AvgIpc) is 2.33. The van der Waals surface area contributed by atoms with E-state index >= 15 is 0 Å². The molecule has 80 valence electrons. The standard InChI is InChI=1S/C4H6N4S.H2O4S/c5-3(6)8-4-7-1-2-9-4;1-5(2,3)4/h1-2H,(H4,5,6,7,8);(H2,1,2,3,4). The molecular formula is C4H8N4O4S2. The lowest BCUT2D eigenvalue weighted by Gasteiger charge is -1.94. The van der Waals surface area contributed by atoms with Crippen molar-refractivity contribution in [1.82, 2.24) is 4.98 Å². The summed E-state index contributed by atoms with van der Waals surface area (Å²) in [5.74, 6) is -0.0787. The summed E-state index contributed by atoms with van der Waals surface area (Å²) in [7, 11) is -4.67. The Hall–Kier alpha value is -1.23. The summed E-state index contributed by atoms with van der Waals surface area (Å²) < 4.78 is 31.6. The van der Waals surface area contributed by atoms with Crippen LogP contribution >= 0.6 is 11.3 Å². The summed E-state index contributed by atoms with van der Waals surface area (Å²) in [5, 5.41) is 11.8. The Bertz CT molecular complexity index is 364. The molecule has 0 aliphatic heterocycles. The second kappa shape index (κ2) is 5.49. The van der Waals surface area contributed by atoms with E-state index in [2.05, 4.69) is 10.3 Å². The Morgan fingerprint density at radius 1 is 1.64 bits per heavy atom. The molecule has 0 unspecified atom stereocenters. The predicted molar refractivity (Wildman–Crippen MR) is 51.8 cm³/mol. The van der Waals surface area contributed by atoms with Gasteiger partial charge in [0.15, 0.2) is 11.1 Å². The molecule has 0 saturated heterocycles. The van der Waals surface area contributed by atoms with E-state index in [9.17, 15) is 0 Å². The van der Waals surface area contributed by atoms with Gasteiger partial charge >= 0.3 is 10.4 Å². The van der Waals surface area contributed by atoms with Crippen LogP contribution in [0.5, 0.6) is 0 Å². The van der Waals surface area contributed by atoms with Crippen molar-refractivity contribution in [1.29, 1.82) is 5.41 Å². The molecule has 0 bridgehead atoms. The van der Waals surface area contributed by atoms with Gasteiger partial charge in [-0.2, -0.15) is 8.42 Å². The topological polar surface area (TPSA) is 149 Å². The second-order valence-corrected chi connectivity index (χ2v) is 3.61. The van der Waals surface area contributed by atoms with Crippen LogP contribution in [0.15, 0.2) is 11.6 Å². The van der Waals surface area contributed by atoms with Crippen LogP contribution in [0.25, 0.3) is 0 Å². The van der Waals surface area contributed by atoms with Gasteiger partial charge in [0.25, 0.3) is 0 Å². The molecule has 0 aliphatic rings. The minimum Gasteiger partial charge on any atom is -0.370 e. The van der Waals surface area contributed by atoms with E-state index < -0.39 is 10.4 Å². The molecule has 1 aromatic rings. The van der Waals surface area contributed by atoms with Crippen molar-refractivity contribution in [2.45, 2.75) is 0 Å². The number of aromatic nitrogens is 1. The maximum atomic E-state index is 8.74. The number of nitrogens with one attached hydrogen (secondary N) is 2. The molecule has 0 radical (unpaired) electrons. The Labute approximate surface area is 83.9 Å². The quantitative estimate of drug-likeness (QED) is 0.259. The molecule has 0 amide bonds. The Morgan fingerprint density at radius 2 is 2.14 bits per heavy atom. The normalized spacial score (nSPS) is 9.86. The fraction of sp³-hybridized carbons (Fsp3) is 0. The van der Waals surface area contributed by atoms with E-state index in [1.54, 1.807) is 6.20 Å². The summed E-state index contributed by atoms with van der Waals surface area (Å²) in [6, 6.07) is 0. The minimum absolute atomic E-state index is 0.0787. The third-order valence-corrected chi connectivity index (χ3v) is 1.36. The van der Waals surface area contributed by atoms with Gasteiger partial charge in [-0.3, -0.25) is 14.5 Å². The molecule has 0 fully saturated rings. The largest absolute Gasteiger partial charge is 0.394 e. The van der Waals surface area contributed by atoms with Crippen molar-refractivity contribution in [2.24, 2.45) is 5.73 Å². The molecule has 0 atom stereocenters. The number of guanidine groups is 1. The first-order chi connectivity index (χ1) is 6.29. The van der Waals surface area contributed by atoms with Crippen LogP contribution in [0.2, 0.25) is 0 Å². The highest BCUT2D eigenvalue weighted by Crippen LogP contribution is 2.08. The predicted octanol–water partition coefficient (Wildman–Crippen LogP) is -0.204. The molecule has 1 aromatic heterocycles. The third kappa shape index (κ3) is 10.8. The molecular weight excluding hydrogens is 232 g/mol. The summed E-state index contributed by atoms with van der Waals surface area (Å²) in [4.78, 5) is 3.84. The van der Waals surface area contributed by atoms with E-state index in [0.29, 0.717) is 5.13 Å². The highest BCUT2D eigenvalue weighted by atomic mass is 32.3. The van der Waals surface area contributed by atoms with Crippen molar-refractivity contribution in [3.8, 4) is 0 Å². The third-order valence-electron chi connectivity index (χ3n) is 0.674. The lowest BCUT2D eigenvalue weighted by atomic mass is 10.9. The highest BCUT2D eigenvalue weighted by molar-refractivity contribution is 7.79. The summed E-state index contributed by atoms with van der Waals surface area (Å²) in [6.45, 7) is 0. The van der Waals surface area contributed by atoms with Crippen molar-refractivity contribution in [2.75, 3.05) is 5.32 Å². The fourth-order valence-corrected chi connectivity index (χ4v) is 0.942. The van der Waals surface area contributed by atoms with Crippen LogP contribution in [0.1, 0.15) is 0 Å². The van der Waals surface area contributed by atoms with E-state index in [4.69, 9.17) is 28.7 Å². The summed E-state index contributed by atoms with van der Waals surface area (Å²) in [5.41, 5.74) is 5.02. The van der Waals surface area contributed by atoms with E-state index in [1.807, 2.05) is 5.38 Å². The monoisotopic (exact) mass is 240 g/mol. The van der Waals surface area contributed by atoms with Crippen LogP contribution in [0, 0.1) is 5.41 Å². The first kappa shape index (κ1) is 12.8. The smallest absolute Gasteiger partial charge is 0.370 e.